The molecule has 1 aliphatic rings. The topological polar surface area (TPSA) is 81.0 Å². The van der Waals surface area contributed by atoms with Gasteiger partial charge in [-0.1, -0.05) is 0 Å². The van der Waals surface area contributed by atoms with Gasteiger partial charge in [0.1, 0.15) is 11.5 Å². The van der Waals surface area contributed by atoms with Crippen molar-refractivity contribution in [3.63, 3.8) is 0 Å². The summed E-state index contributed by atoms with van der Waals surface area (Å²) in [5, 5.41) is 27.8. The fourth-order valence-corrected chi connectivity index (χ4v) is 2.14. The molecule has 5 heteroatoms. The Morgan fingerprint density at radius 1 is 1.22 bits per heavy atom. The Labute approximate surface area is 105 Å². The fraction of sp³-hybridized carbons (Fsp3) is 0.462. The molecule has 5 nitrogen and oxygen atoms in total. The summed E-state index contributed by atoms with van der Waals surface area (Å²) in [5.41, 5.74) is 0.243. The van der Waals surface area contributed by atoms with Gasteiger partial charge in [-0.2, -0.15) is 0 Å². The van der Waals surface area contributed by atoms with Crippen molar-refractivity contribution >= 4 is 5.91 Å². The van der Waals surface area contributed by atoms with Gasteiger partial charge < -0.3 is 20.2 Å². The first kappa shape index (κ1) is 12.7. The lowest BCUT2D eigenvalue weighted by Crippen LogP contribution is -2.45. The quantitative estimate of drug-likeness (QED) is 0.748. The van der Waals surface area contributed by atoms with E-state index in [9.17, 15) is 15.0 Å². The summed E-state index contributed by atoms with van der Waals surface area (Å²) in [6, 6.07) is 3.99. The highest BCUT2D eigenvalue weighted by atomic mass is 16.3. The second-order valence-corrected chi connectivity index (χ2v) is 4.54. The van der Waals surface area contributed by atoms with Crippen LogP contribution in [0.3, 0.4) is 0 Å². The molecule has 0 aromatic heterocycles. The Balaban J connectivity index is 2.21. The Kier molecular flexibility index (Phi) is 3.72. The van der Waals surface area contributed by atoms with E-state index in [0.29, 0.717) is 0 Å². The van der Waals surface area contributed by atoms with Crippen molar-refractivity contribution in [1.29, 1.82) is 0 Å². The molecule has 0 unspecified atom stereocenters. The van der Waals surface area contributed by atoms with Crippen LogP contribution in [-0.4, -0.2) is 45.3 Å². The smallest absolute Gasteiger partial charge is 0.254 e. The molecule has 2 rings (SSSR count). The van der Waals surface area contributed by atoms with Crippen molar-refractivity contribution in [2.24, 2.45) is 0 Å². The molecular formula is C13H17NO4. The van der Waals surface area contributed by atoms with E-state index in [4.69, 9.17) is 5.11 Å². The standard InChI is InChI=1S/C13H17NO4/c15-5-4-14(10-2-1-3-10)13(18)9-6-11(16)8-12(17)7-9/h6-8,10,15-17H,1-5H2. The zero-order valence-corrected chi connectivity index (χ0v) is 10.0. The Hall–Kier alpha value is -1.75. The lowest BCUT2D eigenvalue weighted by atomic mass is 9.91. The molecule has 0 bridgehead atoms. The van der Waals surface area contributed by atoms with Gasteiger partial charge in [-0.05, 0) is 31.4 Å². The van der Waals surface area contributed by atoms with Crippen molar-refractivity contribution in [3.8, 4) is 11.5 Å². The predicted molar refractivity (Wildman–Crippen MR) is 65.5 cm³/mol. The SMILES string of the molecule is O=C(c1cc(O)cc(O)c1)N(CCO)C1CCC1. The minimum absolute atomic E-state index is 0.0902. The summed E-state index contributed by atoms with van der Waals surface area (Å²) in [7, 11) is 0. The Morgan fingerprint density at radius 3 is 2.28 bits per heavy atom. The maximum Gasteiger partial charge on any atom is 0.254 e. The largest absolute Gasteiger partial charge is 0.508 e. The molecule has 1 amide bonds. The van der Waals surface area contributed by atoms with Gasteiger partial charge in [-0.15, -0.1) is 0 Å². The van der Waals surface area contributed by atoms with Crippen LogP contribution in [-0.2, 0) is 0 Å². The molecule has 1 aromatic carbocycles. The molecule has 0 saturated heterocycles. The molecule has 0 heterocycles. The van der Waals surface area contributed by atoms with Gasteiger partial charge in [0, 0.05) is 24.2 Å². The summed E-state index contributed by atoms with van der Waals surface area (Å²) in [5.74, 6) is -0.549. The first-order chi connectivity index (χ1) is 8.61. The van der Waals surface area contributed by atoms with Gasteiger partial charge in [0.2, 0.25) is 0 Å². The van der Waals surface area contributed by atoms with Crippen molar-refractivity contribution in [1.82, 2.24) is 4.90 Å². The molecule has 1 fully saturated rings. The van der Waals surface area contributed by atoms with E-state index in [-0.39, 0.29) is 42.2 Å². The van der Waals surface area contributed by atoms with E-state index in [1.807, 2.05) is 0 Å². The third kappa shape index (κ3) is 2.56. The molecule has 0 atom stereocenters. The molecule has 1 aliphatic carbocycles. The van der Waals surface area contributed by atoms with Crippen molar-refractivity contribution in [2.45, 2.75) is 25.3 Å². The number of amides is 1. The average Bonchev–Trinajstić information content (AvgIpc) is 2.23. The molecule has 1 saturated carbocycles. The van der Waals surface area contributed by atoms with Crippen LogP contribution in [0.2, 0.25) is 0 Å². The van der Waals surface area contributed by atoms with E-state index in [0.717, 1.165) is 19.3 Å². The predicted octanol–water partition coefficient (Wildman–Crippen LogP) is 1.08. The number of hydrogen-bond donors (Lipinski definition) is 3. The number of nitrogens with zero attached hydrogens (tertiary/aromatic N) is 1. The van der Waals surface area contributed by atoms with Crippen molar-refractivity contribution < 1.29 is 20.1 Å². The number of carbonyl (C=O) groups is 1. The highest BCUT2D eigenvalue weighted by molar-refractivity contribution is 5.95. The van der Waals surface area contributed by atoms with Gasteiger partial charge in [0.05, 0.1) is 6.61 Å². The maximum atomic E-state index is 12.3. The lowest BCUT2D eigenvalue weighted by Gasteiger charge is -2.37. The Morgan fingerprint density at radius 2 is 1.83 bits per heavy atom. The Bertz CT molecular complexity index is 422. The highest BCUT2D eigenvalue weighted by Crippen LogP contribution is 2.28. The number of phenolic OH excluding ortho intramolecular Hbond substituents is 2. The van der Waals surface area contributed by atoms with Crippen molar-refractivity contribution in [2.75, 3.05) is 13.2 Å². The van der Waals surface area contributed by atoms with E-state index < -0.39 is 0 Å². The zero-order valence-electron chi connectivity index (χ0n) is 10.0. The summed E-state index contributed by atoms with van der Waals surface area (Å²) in [6.07, 6.45) is 2.97. The van der Waals surface area contributed by atoms with Gasteiger partial charge in [-0.25, -0.2) is 0 Å². The molecule has 0 radical (unpaired) electrons. The third-order valence-electron chi connectivity index (χ3n) is 3.27. The van der Waals surface area contributed by atoms with Crippen molar-refractivity contribution in [3.05, 3.63) is 23.8 Å². The summed E-state index contributed by atoms with van der Waals surface area (Å²) in [6.45, 7) is 0.187. The molecule has 18 heavy (non-hydrogen) atoms. The summed E-state index contributed by atoms with van der Waals surface area (Å²) in [4.78, 5) is 13.9. The zero-order chi connectivity index (χ0) is 13.1. The molecule has 1 aromatic rings. The van der Waals surface area contributed by atoms with E-state index in [1.165, 1.54) is 18.2 Å². The third-order valence-corrected chi connectivity index (χ3v) is 3.27. The summed E-state index contributed by atoms with van der Waals surface area (Å²) < 4.78 is 0. The minimum Gasteiger partial charge on any atom is -0.508 e. The minimum atomic E-state index is -0.264. The highest BCUT2D eigenvalue weighted by Gasteiger charge is 2.29. The molecular weight excluding hydrogens is 234 g/mol. The monoisotopic (exact) mass is 251 g/mol. The van der Waals surface area contributed by atoms with Gasteiger partial charge >= 0.3 is 0 Å². The second kappa shape index (κ2) is 5.27. The number of benzene rings is 1. The van der Waals surface area contributed by atoms with Crippen LogP contribution in [0.5, 0.6) is 11.5 Å². The molecule has 98 valence electrons. The van der Waals surface area contributed by atoms with Crippen LogP contribution in [0, 0.1) is 0 Å². The first-order valence-electron chi connectivity index (χ1n) is 6.06. The van der Waals surface area contributed by atoms with Crippen LogP contribution in [0.1, 0.15) is 29.6 Å². The number of phenols is 2. The number of hydrogen-bond acceptors (Lipinski definition) is 4. The molecule has 0 spiro atoms. The first-order valence-corrected chi connectivity index (χ1v) is 6.06. The fourth-order valence-electron chi connectivity index (χ4n) is 2.14. The van der Waals surface area contributed by atoms with E-state index in [1.54, 1.807) is 4.90 Å². The summed E-state index contributed by atoms with van der Waals surface area (Å²) >= 11 is 0. The van der Waals surface area contributed by atoms with Crippen LogP contribution < -0.4 is 0 Å². The van der Waals surface area contributed by atoms with Crippen LogP contribution >= 0.6 is 0 Å². The second-order valence-electron chi connectivity index (χ2n) is 4.54. The lowest BCUT2D eigenvalue weighted by molar-refractivity contribution is 0.0525. The normalized spacial score (nSPS) is 15.2. The van der Waals surface area contributed by atoms with Gasteiger partial charge in [-0.3, -0.25) is 4.79 Å². The maximum absolute atomic E-state index is 12.3. The van der Waals surface area contributed by atoms with Gasteiger partial charge in [0.25, 0.3) is 5.91 Å². The van der Waals surface area contributed by atoms with E-state index in [2.05, 4.69) is 0 Å². The van der Waals surface area contributed by atoms with Crippen LogP contribution in [0.25, 0.3) is 0 Å². The number of rotatable bonds is 4. The number of aliphatic hydroxyl groups is 1. The van der Waals surface area contributed by atoms with Crippen LogP contribution in [0.4, 0.5) is 0 Å². The number of carbonyl (C=O) groups excluding carboxylic acids is 1. The average molecular weight is 251 g/mol. The van der Waals surface area contributed by atoms with Gasteiger partial charge in [0.15, 0.2) is 0 Å². The van der Waals surface area contributed by atoms with E-state index >= 15 is 0 Å². The molecule has 3 N–H and O–H groups in total. The number of aromatic hydroxyl groups is 2. The van der Waals surface area contributed by atoms with Crippen LogP contribution in [0.15, 0.2) is 18.2 Å². The molecule has 0 aliphatic heterocycles. The number of aliphatic hydroxyl groups excluding tert-OH is 1.